The molecule has 0 aliphatic carbocycles. The number of carbonyl (C=O) groups excluding carboxylic acids is 2. The molecule has 1 fully saturated rings. The largest absolute Gasteiger partial charge is 0.394 e. The molecule has 1 saturated heterocycles. The van der Waals surface area contributed by atoms with Gasteiger partial charge in [0, 0.05) is 38.6 Å². The maximum absolute atomic E-state index is 13.1. The summed E-state index contributed by atoms with van der Waals surface area (Å²) < 4.78 is 5.21. The second-order valence-electron chi connectivity index (χ2n) is 7.29. The summed E-state index contributed by atoms with van der Waals surface area (Å²) in [7, 11) is 1.60. The van der Waals surface area contributed by atoms with Crippen LogP contribution in [0.15, 0.2) is 60.7 Å². The maximum atomic E-state index is 13.1. The third-order valence-electron chi connectivity index (χ3n) is 5.56. The molecule has 0 aromatic heterocycles. The van der Waals surface area contributed by atoms with E-state index in [1.807, 2.05) is 48.5 Å². The smallest absolute Gasteiger partial charge is 0.254 e. The molecular formula is C23H28N2O4. The van der Waals surface area contributed by atoms with Gasteiger partial charge in [-0.1, -0.05) is 48.5 Å². The van der Waals surface area contributed by atoms with Crippen LogP contribution in [-0.2, 0) is 9.53 Å². The zero-order valence-corrected chi connectivity index (χ0v) is 16.9. The van der Waals surface area contributed by atoms with Gasteiger partial charge < -0.3 is 19.6 Å². The van der Waals surface area contributed by atoms with E-state index in [0.717, 1.165) is 5.56 Å². The second kappa shape index (κ2) is 9.67. The normalized spacial score (nSPS) is 20.8. The molecule has 6 nitrogen and oxygen atoms in total. The van der Waals surface area contributed by atoms with Crippen LogP contribution in [0.4, 0.5) is 0 Å². The molecule has 0 bridgehead atoms. The van der Waals surface area contributed by atoms with Crippen molar-refractivity contribution in [3.05, 3.63) is 71.8 Å². The lowest BCUT2D eigenvalue weighted by Gasteiger charge is -2.55. The monoisotopic (exact) mass is 396 g/mol. The van der Waals surface area contributed by atoms with E-state index in [4.69, 9.17) is 4.74 Å². The Kier molecular flexibility index (Phi) is 7.01. The molecule has 6 heteroatoms. The van der Waals surface area contributed by atoms with Gasteiger partial charge in [0.15, 0.2) is 0 Å². The van der Waals surface area contributed by atoms with Gasteiger partial charge in [-0.15, -0.1) is 0 Å². The standard InChI is InChI=1S/C23H28N2O4/c1-17(27)25-20(22(21(25)16-26)18-9-5-3-6-10-18)15-24(13-14-29-2)23(28)19-11-7-4-8-12-19/h3-12,20-22,26H,13-16H2,1-2H3/t20-,21+,22-/m0/s1. The highest BCUT2D eigenvalue weighted by molar-refractivity contribution is 5.94. The summed E-state index contributed by atoms with van der Waals surface area (Å²) in [5.74, 6) is -0.218. The first-order valence-corrected chi connectivity index (χ1v) is 9.86. The van der Waals surface area contributed by atoms with Gasteiger partial charge >= 0.3 is 0 Å². The number of ether oxygens (including phenoxy) is 1. The van der Waals surface area contributed by atoms with Crippen molar-refractivity contribution in [3.63, 3.8) is 0 Å². The van der Waals surface area contributed by atoms with Crippen LogP contribution in [-0.4, -0.2) is 72.2 Å². The molecule has 2 aromatic rings. The average molecular weight is 396 g/mol. The number of nitrogens with zero attached hydrogens (tertiary/aromatic N) is 2. The Labute approximate surface area is 171 Å². The minimum absolute atomic E-state index is 0.0290. The van der Waals surface area contributed by atoms with E-state index >= 15 is 0 Å². The van der Waals surface area contributed by atoms with Crippen molar-refractivity contribution >= 4 is 11.8 Å². The lowest BCUT2D eigenvalue weighted by atomic mass is 9.74. The number of carbonyl (C=O) groups is 2. The summed E-state index contributed by atoms with van der Waals surface area (Å²) in [6.07, 6.45) is 0. The Morgan fingerprint density at radius 2 is 1.66 bits per heavy atom. The van der Waals surface area contributed by atoms with Crippen LogP contribution >= 0.6 is 0 Å². The van der Waals surface area contributed by atoms with Crippen LogP contribution < -0.4 is 0 Å². The van der Waals surface area contributed by atoms with E-state index in [-0.39, 0.29) is 36.4 Å². The van der Waals surface area contributed by atoms with Gasteiger partial charge in [0.2, 0.25) is 5.91 Å². The Morgan fingerprint density at radius 3 is 2.21 bits per heavy atom. The van der Waals surface area contributed by atoms with E-state index in [2.05, 4.69) is 0 Å². The van der Waals surface area contributed by atoms with Crippen molar-refractivity contribution in [2.45, 2.75) is 24.9 Å². The number of likely N-dealkylation sites (tertiary alicyclic amines) is 1. The predicted molar refractivity (Wildman–Crippen MR) is 111 cm³/mol. The fourth-order valence-electron chi connectivity index (χ4n) is 4.20. The van der Waals surface area contributed by atoms with E-state index in [0.29, 0.717) is 25.3 Å². The van der Waals surface area contributed by atoms with Crippen LogP contribution in [0.2, 0.25) is 0 Å². The average Bonchev–Trinajstić information content (AvgIpc) is 2.73. The van der Waals surface area contributed by atoms with Crippen molar-refractivity contribution in [1.29, 1.82) is 0 Å². The summed E-state index contributed by atoms with van der Waals surface area (Å²) >= 11 is 0. The summed E-state index contributed by atoms with van der Waals surface area (Å²) in [6.45, 7) is 2.62. The minimum Gasteiger partial charge on any atom is -0.394 e. The van der Waals surface area contributed by atoms with Gasteiger partial charge in [-0.3, -0.25) is 9.59 Å². The SMILES string of the molecule is COCCN(C[C@H]1[C@H](c2ccccc2)[C@@H](CO)N1C(C)=O)C(=O)c1ccccc1. The van der Waals surface area contributed by atoms with Crippen LogP contribution in [0.25, 0.3) is 0 Å². The van der Waals surface area contributed by atoms with Crippen LogP contribution in [0.5, 0.6) is 0 Å². The van der Waals surface area contributed by atoms with Crippen molar-refractivity contribution in [2.24, 2.45) is 0 Å². The van der Waals surface area contributed by atoms with Crippen molar-refractivity contribution in [1.82, 2.24) is 9.80 Å². The van der Waals surface area contributed by atoms with Crippen molar-refractivity contribution < 1.29 is 19.4 Å². The highest BCUT2D eigenvalue weighted by atomic mass is 16.5. The summed E-state index contributed by atoms with van der Waals surface area (Å²) in [5, 5.41) is 9.92. The third-order valence-corrected chi connectivity index (χ3v) is 5.56. The number of aliphatic hydroxyl groups excluding tert-OH is 1. The topological polar surface area (TPSA) is 70.1 Å². The third kappa shape index (κ3) is 4.49. The van der Waals surface area contributed by atoms with Gasteiger partial charge in [0.25, 0.3) is 5.91 Å². The van der Waals surface area contributed by atoms with E-state index in [9.17, 15) is 14.7 Å². The van der Waals surface area contributed by atoms with E-state index in [1.165, 1.54) is 6.92 Å². The summed E-state index contributed by atoms with van der Waals surface area (Å²) in [6, 6.07) is 18.5. The van der Waals surface area contributed by atoms with Gasteiger partial charge in [0.1, 0.15) is 0 Å². The number of hydrogen-bond donors (Lipinski definition) is 1. The predicted octanol–water partition coefficient (Wildman–Crippen LogP) is 2.15. The zero-order valence-electron chi connectivity index (χ0n) is 16.9. The molecule has 1 heterocycles. The van der Waals surface area contributed by atoms with Gasteiger partial charge in [-0.2, -0.15) is 0 Å². The number of methoxy groups -OCH3 is 1. The molecule has 3 atom stereocenters. The van der Waals surface area contributed by atoms with Gasteiger partial charge in [-0.25, -0.2) is 0 Å². The molecule has 0 saturated carbocycles. The number of benzene rings is 2. The molecule has 1 aliphatic heterocycles. The Bertz CT molecular complexity index is 812. The fraction of sp³-hybridized carbons (Fsp3) is 0.391. The lowest BCUT2D eigenvalue weighted by molar-refractivity contribution is -0.149. The van der Waals surface area contributed by atoms with Crippen LogP contribution in [0.1, 0.15) is 28.8 Å². The first kappa shape index (κ1) is 21.0. The van der Waals surface area contributed by atoms with Gasteiger partial charge in [0.05, 0.1) is 25.3 Å². The molecular weight excluding hydrogens is 368 g/mol. The molecule has 1 aliphatic rings. The first-order valence-electron chi connectivity index (χ1n) is 9.86. The molecule has 0 spiro atoms. The number of amides is 2. The highest BCUT2D eigenvalue weighted by Crippen LogP contribution is 2.41. The Hall–Kier alpha value is -2.70. The molecule has 2 amide bonds. The van der Waals surface area contributed by atoms with E-state index < -0.39 is 0 Å². The maximum Gasteiger partial charge on any atom is 0.254 e. The fourth-order valence-corrected chi connectivity index (χ4v) is 4.20. The molecule has 3 rings (SSSR count). The number of aliphatic hydroxyl groups is 1. The van der Waals surface area contributed by atoms with Crippen molar-refractivity contribution in [2.75, 3.05) is 33.4 Å². The lowest BCUT2D eigenvalue weighted by Crippen LogP contribution is -2.68. The van der Waals surface area contributed by atoms with Crippen LogP contribution in [0, 0.1) is 0 Å². The minimum atomic E-state index is -0.281. The van der Waals surface area contributed by atoms with Gasteiger partial charge in [-0.05, 0) is 17.7 Å². The number of hydrogen-bond acceptors (Lipinski definition) is 4. The molecule has 1 N–H and O–H groups in total. The Morgan fingerprint density at radius 1 is 1.03 bits per heavy atom. The molecule has 154 valence electrons. The zero-order chi connectivity index (χ0) is 20.8. The molecule has 2 aromatic carbocycles. The number of rotatable bonds is 8. The second-order valence-corrected chi connectivity index (χ2v) is 7.29. The molecule has 0 radical (unpaired) electrons. The Balaban J connectivity index is 1.88. The summed E-state index contributed by atoms with van der Waals surface area (Å²) in [4.78, 5) is 28.9. The quantitative estimate of drug-likeness (QED) is 0.742. The first-order chi connectivity index (χ1) is 14.1. The van der Waals surface area contributed by atoms with Crippen LogP contribution in [0.3, 0.4) is 0 Å². The summed E-state index contributed by atoms with van der Waals surface area (Å²) in [5.41, 5.74) is 1.67. The van der Waals surface area contributed by atoms with Crippen molar-refractivity contribution in [3.8, 4) is 0 Å². The van der Waals surface area contributed by atoms with E-state index in [1.54, 1.807) is 29.0 Å². The highest BCUT2D eigenvalue weighted by Gasteiger charge is 2.50. The molecule has 29 heavy (non-hydrogen) atoms. The molecule has 0 unspecified atom stereocenters.